The van der Waals surface area contributed by atoms with Crippen LogP contribution in [0.5, 0.6) is 5.75 Å². The minimum absolute atomic E-state index is 0.0299. The summed E-state index contributed by atoms with van der Waals surface area (Å²) in [6.07, 6.45) is 6.73. The molecule has 306 valence electrons. The van der Waals surface area contributed by atoms with Crippen LogP contribution in [0.25, 0.3) is 11.0 Å². The molecule has 5 aromatic rings. The normalized spacial score (nSPS) is 23.0. The van der Waals surface area contributed by atoms with Gasteiger partial charge in [0.25, 0.3) is 0 Å². The number of fused-ring (bicyclic) bond motifs is 7. The highest BCUT2D eigenvalue weighted by molar-refractivity contribution is 5.90. The number of esters is 2. The summed E-state index contributed by atoms with van der Waals surface area (Å²) in [5.41, 5.74) is 7.66. The monoisotopic (exact) mass is 800 g/mol. The van der Waals surface area contributed by atoms with Crippen molar-refractivity contribution in [3.8, 4) is 17.6 Å². The van der Waals surface area contributed by atoms with E-state index < -0.39 is 35.4 Å². The first-order chi connectivity index (χ1) is 29.2. The maximum Gasteiger partial charge on any atom is 0.336 e. The van der Waals surface area contributed by atoms with Crippen molar-refractivity contribution >= 4 is 22.9 Å². The van der Waals surface area contributed by atoms with Gasteiger partial charge in [-0.05, 0) is 123 Å². The lowest BCUT2D eigenvalue weighted by atomic mass is 9.73. The Balaban J connectivity index is 1.17. The van der Waals surface area contributed by atoms with Crippen molar-refractivity contribution in [2.45, 2.75) is 115 Å². The van der Waals surface area contributed by atoms with Gasteiger partial charge in [-0.25, -0.2) is 9.59 Å². The van der Waals surface area contributed by atoms with E-state index in [0.717, 1.165) is 61.6 Å². The van der Waals surface area contributed by atoms with Gasteiger partial charge in [-0.1, -0.05) is 103 Å². The third kappa shape index (κ3) is 8.17. The molecule has 0 spiro atoms. The highest BCUT2D eigenvalue weighted by Crippen LogP contribution is 2.53. The van der Waals surface area contributed by atoms with Crippen molar-refractivity contribution in [2.24, 2.45) is 11.8 Å². The largest absolute Gasteiger partial charge is 0.481 e. The molecular formula is C53H52O7. The molecule has 9 rings (SSSR count). The fraction of sp³-hybridized carbons (Fsp3) is 0.377. The number of hydrogen-bond acceptors (Lipinski definition) is 7. The third-order valence-corrected chi connectivity index (χ3v) is 13.3. The van der Waals surface area contributed by atoms with E-state index in [1.165, 1.54) is 28.3 Å². The number of allylic oxidation sites excluding steroid dienone is 1. The zero-order chi connectivity index (χ0) is 41.2. The lowest BCUT2D eigenvalue weighted by Gasteiger charge is -2.49. The molecule has 60 heavy (non-hydrogen) atoms. The van der Waals surface area contributed by atoms with E-state index in [2.05, 4.69) is 78.6 Å². The summed E-state index contributed by atoms with van der Waals surface area (Å²) in [5, 5.41) is 0.653. The van der Waals surface area contributed by atoms with Crippen molar-refractivity contribution in [3.05, 3.63) is 158 Å². The number of hydrogen-bond donors (Lipinski definition) is 0. The Morgan fingerprint density at radius 2 is 1.57 bits per heavy atom. The van der Waals surface area contributed by atoms with E-state index in [0.29, 0.717) is 48.0 Å². The highest BCUT2D eigenvalue weighted by Gasteiger charge is 2.59. The number of benzene rings is 4. The molecule has 4 unspecified atom stereocenters. The Labute approximate surface area is 352 Å². The van der Waals surface area contributed by atoms with Crippen LogP contribution >= 0.6 is 0 Å². The number of rotatable bonds is 6. The first kappa shape index (κ1) is 39.6. The van der Waals surface area contributed by atoms with Crippen LogP contribution in [0.2, 0.25) is 0 Å². The van der Waals surface area contributed by atoms with Gasteiger partial charge in [0.1, 0.15) is 11.3 Å². The molecule has 4 aliphatic rings. The summed E-state index contributed by atoms with van der Waals surface area (Å²) in [6, 6.07) is 32.6. The van der Waals surface area contributed by atoms with E-state index in [1.54, 1.807) is 6.07 Å². The molecule has 0 N–H and O–H groups in total. The first-order valence-electron chi connectivity index (χ1n) is 21.7. The molecule has 7 nitrogen and oxygen atoms in total. The van der Waals surface area contributed by atoms with Gasteiger partial charge in [0.2, 0.25) is 0 Å². The van der Waals surface area contributed by atoms with Crippen LogP contribution in [0, 0.1) is 23.7 Å². The van der Waals surface area contributed by atoms with E-state index in [9.17, 15) is 14.4 Å². The van der Waals surface area contributed by atoms with E-state index in [-0.39, 0.29) is 30.3 Å². The number of carbonyl (C=O) groups is 2. The molecule has 3 aliphatic heterocycles. The second-order valence-electron chi connectivity index (χ2n) is 17.5. The van der Waals surface area contributed by atoms with Gasteiger partial charge < -0.3 is 18.6 Å². The van der Waals surface area contributed by atoms with Crippen LogP contribution in [0.1, 0.15) is 110 Å². The Kier molecular flexibility index (Phi) is 11.2. The zero-order valence-electron chi connectivity index (χ0n) is 34.6. The maximum absolute atomic E-state index is 14.8. The van der Waals surface area contributed by atoms with E-state index in [1.807, 2.05) is 32.0 Å². The molecule has 5 bridgehead atoms. The molecular weight excluding hydrogens is 749 g/mol. The van der Waals surface area contributed by atoms with Crippen LogP contribution in [-0.2, 0) is 51.2 Å². The quantitative estimate of drug-likeness (QED) is 0.0731. The molecule has 0 radical (unpaired) electrons. The molecule has 4 atom stereocenters. The molecule has 7 heteroatoms. The lowest BCUT2D eigenvalue weighted by molar-refractivity contribution is -0.201. The molecule has 0 saturated heterocycles. The predicted octanol–water partition coefficient (Wildman–Crippen LogP) is 10.3. The Morgan fingerprint density at radius 3 is 2.40 bits per heavy atom. The topological polar surface area (TPSA) is 92.0 Å². The first-order valence-corrected chi connectivity index (χ1v) is 21.7. The standard InChI is InChI=1S/C53H52O7/c1-34(2)44-25-21-37-20-22-42-32-39(19-18-36-13-10-14-38(30-36)29-35-11-4-3-5-12-35)33-47(55)58-50-48-45(26-23-40-24-27-46(54)57-49(40)48)60-53(43-16-6-7-17-43,51(50)59-52(44)56)28-9-8-15-41(42)31-37/h3-5,10-14,20,22-24,26-27,30-31,39,43,50-51H,6-7,15-19,21,25,28-29,32-33H2,1-2H3. The fourth-order valence-corrected chi connectivity index (χ4v) is 10.1. The van der Waals surface area contributed by atoms with Gasteiger partial charge in [-0.15, -0.1) is 0 Å². The predicted molar refractivity (Wildman–Crippen MR) is 232 cm³/mol. The van der Waals surface area contributed by atoms with Crippen LogP contribution < -0.4 is 10.4 Å². The van der Waals surface area contributed by atoms with Gasteiger partial charge in [-0.3, -0.25) is 4.79 Å². The highest BCUT2D eigenvalue weighted by atomic mass is 16.6. The molecule has 1 aromatic heterocycles. The summed E-state index contributed by atoms with van der Waals surface area (Å²) in [4.78, 5) is 42.3. The number of aryl methyl sites for hydroxylation is 2. The van der Waals surface area contributed by atoms with Gasteiger partial charge in [0, 0.05) is 35.8 Å². The van der Waals surface area contributed by atoms with Crippen molar-refractivity contribution in [2.75, 3.05) is 0 Å². The van der Waals surface area contributed by atoms with Gasteiger partial charge in [0.05, 0.1) is 12.0 Å². The minimum Gasteiger partial charge on any atom is -0.481 e. The van der Waals surface area contributed by atoms with Crippen molar-refractivity contribution < 1.29 is 28.2 Å². The van der Waals surface area contributed by atoms with Crippen LogP contribution in [0.3, 0.4) is 0 Å². The van der Waals surface area contributed by atoms with Gasteiger partial charge >= 0.3 is 17.6 Å². The van der Waals surface area contributed by atoms with E-state index in [4.69, 9.17) is 18.6 Å². The molecule has 1 aliphatic carbocycles. The Morgan fingerprint density at radius 1 is 0.767 bits per heavy atom. The smallest absolute Gasteiger partial charge is 0.336 e. The SMILES string of the molecule is CC(C)=C1CCc2ccc3c(c2)CC#CCC2(C4CCCC4)Oc4ccc5ccc(=O)oc5c4C(OC(=O)CC(CCc4cccc(Cc5ccccc5)c4)C3)C2OC1=O. The summed E-state index contributed by atoms with van der Waals surface area (Å²) in [6.45, 7) is 3.88. The second kappa shape index (κ2) is 17.0. The summed E-state index contributed by atoms with van der Waals surface area (Å²) in [7, 11) is 0. The van der Waals surface area contributed by atoms with Crippen LogP contribution in [0.15, 0.2) is 117 Å². The summed E-state index contributed by atoms with van der Waals surface area (Å²) >= 11 is 0. The maximum atomic E-state index is 14.8. The number of ether oxygens (including phenoxy) is 3. The molecule has 0 amide bonds. The lowest BCUT2D eigenvalue weighted by Crippen LogP contribution is -2.59. The number of carbonyl (C=O) groups excluding carboxylic acids is 2. The van der Waals surface area contributed by atoms with E-state index >= 15 is 0 Å². The zero-order valence-corrected chi connectivity index (χ0v) is 34.6. The van der Waals surface area contributed by atoms with Crippen molar-refractivity contribution in [3.63, 3.8) is 0 Å². The minimum atomic E-state index is -1.13. The van der Waals surface area contributed by atoms with Crippen molar-refractivity contribution in [1.29, 1.82) is 0 Å². The van der Waals surface area contributed by atoms with Crippen molar-refractivity contribution in [1.82, 2.24) is 0 Å². The van der Waals surface area contributed by atoms with Gasteiger partial charge in [-0.2, -0.15) is 0 Å². The Bertz CT molecular complexity index is 2580. The molecule has 1 saturated carbocycles. The summed E-state index contributed by atoms with van der Waals surface area (Å²) in [5.74, 6) is 6.56. The van der Waals surface area contributed by atoms with Crippen LogP contribution in [-0.4, -0.2) is 23.6 Å². The average molecular weight is 801 g/mol. The average Bonchev–Trinajstić information content (AvgIpc) is 3.79. The van der Waals surface area contributed by atoms with Crippen LogP contribution in [0.4, 0.5) is 0 Å². The second-order valence-corrected chi connectivity index (χ2v) is 17.5. The van der Waals surface area contributed by atoms with Gasteiger partial charge in [0.15, 0.2) is 17.8 Å². The summed E-state index contributed by atoms with van der Waals surface area (Å²) < 4.78 is 26.6. The molecule has 4 aromatic carbocycles. The Hall–Kier alpha value is -5.87. The fourth-order valence-electron chi connectivity index (χ4n) is 10.1. The molecule has 1 fully saturated rings. The molecule has 4 heterocycles. The third-order valence-electron chi connectivity index (χ3n) is 13.3.